The minimum Gasteiger partial charge on any atom is -0.390 e. The molecule has 6 heteroatoms. The summed E-state index contributed by atoms with van der Waals surface area (Å²) in [5, 5.41) is 11.9. The van der Waals surface area contributed by atoms with Crippen LogP contribution in [0.4, 0.5) is 4.39 Å². The lowest BCUT2D eigenvalue weighted by Crippen LogP contribution is -2.18. The van der Waals surface area contributed by atoms with Crippen molar-refractivity contribution in [2.75, 3.05) is 12.4 Å². The number of aromatic nitrogens is 2. The first kappa shape index (κ1) is 17.8. The molecule has 0 bridgehead atoms. The number of para-hydroxylation sites is 1. The number of aryl methyl sites for hydroxylation is 1. The van der Waals surface area contributed by atoms with Crippen LogP contribution in [-0.2, 0) is 11.3 Å². The van der Waals surface area contributed by atoms with Gasteiger partial charge in [-0.15, -0.1) is 11.8 Å². The molecule has 3 rings (SSSR count). The van der Waals surface area contributed by atoms with Crippen LogP contribution in [0, 0.1) is 12.7 Å². The molecule has 0 radical (unpaired) electrons. The van der Waals surface area contributed by atoms with Crippen molar-refractivity contribution in [3.63, 3.8) is 0 Å². The highest BCUT2D eigenvalue weighted by Gasteiger charge is 2.11. The zero-order valence-corrected chi connectivity index (χ0v) is 14.7. The third-order valence-corrected chi connectivity index (χ3v) is 4.75. The molecule has 1 N–H and O–H groups in total. The van der Waals surface area contributed by atoms with Crippen molar-refractivity contribution in [2.24, 2.45) is 0 Å². The summed E-state index contributed by atoms with van der Waals surface area (Å²) in [6, 6.07) is 14.3. The lowest BCUT2D eigenvalue weighted by molar-refractivity contribution is 0.0387. The van der Waals surface area contributed by atoms with E-state index >= 15 is 0 Å². The van der Waals surface area contributed by atoms with E-state index in [9.17, 15) is 9.50 Å². The van der Waals surface area contributed by atoms with Crippen LogP contribution in [0.2, 0.25) is 0 Å². The van der Waals surface area contributed by atoms with Crippen LogP contribution in [0.15, 0.2) is 53.6 Å². The van der Waals surface area contributed by atoms with Gasteiger partial charge in [-0.25, -0.2) is 14.4 Å². The number of nitrogens with zero attached hydrogens (tertiary/aromatic N) is 2. The van der Waals surface area contributed by atoms with E-state index < -0.39 is 6.10 Å². The molecule has 0 aliphatic carbocycles. The van der Waals surface area contributed by atoms with E-state index in [0.29, 0.717) is 17.1 Å². The number of hydrogen-bond acceptors (Lipinski definition) is 5. The van der Waals surface area contributed by atoms with Crippen LogP contribution in [0.3, 0.4) is 0 Å². The first-order valence-electron chi connectivity index (χ1n) is 7.99. The molecule has 0 unspecified atom stereocenters. The molecule has 130 valence electrons. The molecular weight excluding hydrogens is 339 g/mol. The van der Waals surface area contributed by atoms with Crippen molar-refractivity contribution in [3.8, 4) is 0 Å². The zero-order chi connectivity index (χ0) is 17.6. The van der Waals surface area contributed by atoms with Gasteiger partial charge in [0.05, 0.1) is 24.8 Å². The molecule has 0 spiro atoms. The molecule has 0 amide bonds. The molecule has 0 aliphatic heterocycles. The Morgan fingerprint density at radius 2 is 1.88 bits per heavy atom. The van der Waals surface area contributed by atoms with E-state index in [1.165, 1.54) is 17.8 Å². The average Bonchev–Trinajstić information content (AvgIpc) is 2.61. The van der Waals surface area contributed by atoms with Crippen molar-refractivity contribution < 1.29 is 14.2 Å². The smallest absolute Gasteiger partial charge is 0.128 e. The fourth-order valence-electron chi connectivity index (χ4n) is 2.41. The summed E-state index contributed by atoms with van der Waals surface area (Å²) in [7, 11) is 0. The maximum absolute atomic E-state index is 13.5. The van der Waals surface area contributed by atoms with Crippen LogP contribution in [-0.4, -0.2) is 33.5 Å². The number of benzene rings is 2. The van der Waals surface area contributed by atoms with Gasteiger partial charge in [0.15, 0.2) is 0 Å². The highest BCUT2D eigenvalue weighted by molar-refractivity contribution is 7.99. The van der Waals surface area contributed by atoms with Gasteiger partial charge < -0.3 is 9.84 Å². The maximum Gasteiger partial charge on any atom is 0.128 e. The highest BCUT2D eigenvalue weighted by Crippen LogP contribution is 2.25. The van der Waals surface area contributed by atoms with Crippen molar-refractivity contribution in [3.05, 3.63) is 65.7 Å². The van der Waals surface area contributed by atoms with E-state index in [0.717, 1.165) is 15.9 Å². The zero-order valence-electron chi connectivity index (χ0n) is 13.9. The summed E-state index contributed by atoms with van der Waals surface area (Å²) in [4.78, 5) is 8.87. The number of hydrogen-bond donors (Lipinski definition) is 1. The monoisotopic (exact) mass is 358 g/mol. The van der Waals surface area contributed by atoms with Crippen molar-refractivity contribution in [2.45, 2.75) is 24.7 Å². The van der Waals surface area contributed by atoms with Crippen molar-refractivity contribution >= 4 is 22.7 Å². The second kappa shape index (κ2) is 8.38. The summed E-state index contributed by atoms with van der Waals surface area (Å²) in [5.74, 6) is 0.846. The second-order valence-corrected chi connectivity index (χ2v) is 6.67. The van der Waals surface area contributed by atoms with Crippen LogP contribution in [0.1, 0.15) is 11.4 Å². The van der Waals surface area contributed by atoms with Crippen LogP contribution in [0.5, 0.6) is 0 Å². The molecule has 0 saturated carbocycles. The van der Waals surface area contributed by atoms with Gasteiger partial charge in [-0.3, -0.25) is 0 Å². The quantitative estimate of drug-likeness (QED) is 0.515. The largest absolute Gasteiger partial charge is 0.390 e. The van der Waals surface area contributed by atoms with Crippen LogP contribution >= 0.6 is 11.8 Å². The lowest BCUT2D eigenvalue weighted by atomic mass is 10.2. The fraction of sp³-hybridized carbons (Fsp3) is 0.263. The van der Waals surface area contributed by atoms with Gasteiger partial charge in [-0.1, -0.05) is 36.4 Å². The molecule has 1 aromatic heterocycles. The molecule has 25 heavy (non-hydrogen) atoms. The minimum absolute atomic E-state index is 0.142. The lowest BCUT2D eigenvalue weighted by Gasteiger charge is -2.12. The molecule has 1 atom stereocenters. The Morgan fingerprint density at radius 1 is 1.12 bits per heavy atom. The van der Waals surface area contributed by atoms with E-state index in [-0.39, 0.29) is 19.0 Å². The standard InChI is InChI=1S/C19H19FN2O2S/c1-13-21-18-9-5-3-7-16(18)19(22-13)25-12-15(23)11-24-10-14-6-2-4-8-17(14)20/h2-9,15,23H,10-12H2,1H3/t15-/m1/s1. The van der Waals surface area contributed by atoms with Gasteiger partial charge in [-0.2, -0.15) is 0 Å². The normalized spacial score (nSPS) is 12.4. The number of aliphatic hydroxyl groups is 1. The molecule has 0 fully saturated rings. The number of thioether (sulfide) groups is 1. The van der Waals surface area contributed by atoms with Gasteiger partial charge >= 0.3 is 0 Å². The predicted octanol–water partition coefficient (Wildman–Crippen LogP) is 3.75. The summed E-state index contributed by atoms with van der Waals surface area (Å²) >= 11 is 1.47. The molecule has 0 saturated heterocycles. The van der Waals surface area contributed by atoms with E-state index in [2.05, 4.69) is 9.97 Å². The highest BCUT2D eigenvalue weighted by atomic mass is 32.2. The Kier molecular flexibility index (Phi) is 5.96. The molecular formula is C19H19FN2O2S. The van der Waals surface area contributed by atoms with E-state index in [1.54, 1.807) is 18.2 Å². The summed E-state index contributed by atoms with van der Waals surface area (Å²) in [6.45, 7) is 2.14. The number of aliphatic hydroxyl groups excluding tert-OH is 1. The van der Waals surface area contributed by atoms with Gasteiger partial charge in [0.25, 0.3) is 0 Å². The van der Waals surface area contributed by atoms with E-state index in [1.807, 2.05) is 31.2 Å². The molecule has 0 aliphatic rings. The van der Waals surface area contributed by atoms with Gasteiger partial charge in [-0.05, 0) is 19.1 Å². The van der Waals surface area contributed by atoms with Crippen molar-refractivity contribution in [1.29, 1.82) is 0 Å². The number of fused-ring (bicyclic) bond motifs is 1. The van der Waals surface area contributed by atoms with Crippen molar-refractivity contribution in [1.82, 2.24) is 9.97 Å². The summed E-state index contributed by atoms with van der Waals surface area (Å²) in [6.07, 6.45) is -0.661. The number of rotatable bonds is 7. The summed E-state index contributed by atoms with van der Waals surface area (Å²) < 4.78 is 18.9. The molecule has 4 nitrogen and oxygen atoms in total. The van der Waals surface area contributed by atoms with Crippen LogP contribution in [0.25, 0.3) is 10.9 Å². The molecule has 2 aromatic carbocycles. The molecule has 1 heterocycles. The van der Waals surface area contributed by atoms with Gasteiger partial charge in [0.1, 0.15) is 16.7 Å². The fourth-order valence-corrected chi connectivity index (χ4v) is 3.38. The van der Waals surface area contributed by atoms with Gasteiger partial charge in [0.2, 0.25) is 0 Å². The molecule has 3 aromatic rings. The minimum atomic E-state index is -0.661. The Hall–Kier alpha value is -2.02. The number of ether oxygens (including phenoxy) is 1. The first-order chi connectivity index (χ1) is 12.1. The number of halogens is 1. The third kappa shape index (κ3) is 4.75. The maximum atomic E-state index is 13.5. The SMILES string of the molecule is Cc1nc(SC[C@H](O)COCc2ccccc2F)c2ccccc2n1. The topological polar surface area (TPSA) is 55.2 Å². The van der Waals surface area contributed by atoms with Gasteiger partial charge in [0, 0.05) is 16.7 Å². The average molecular weight is 358 g/mol. The Balaban J connectivity index is 1.54. The first-order valence-corrected chi connectivity index (χ1v) is 8.97. The Bertz CT molecular complexity index is 860. The Labute approximate surface area is 150 Å². The van der Waals surface area contributed by atoms with Crippen LogP contribution < -0.4 is 0 Å². The summed E-state index contributed by atoms with van der Waals surface area (Å²) in [5.41, 5.74) is 1.38. The Morgan fingerprint density at radius 3 is 2.72 bits per heavy atom. The predicted molar refractivity (Wildman–Crippen MR) is 97.1 cm³/mol. The second-order valence-electron chi connectivity index (χ2n) is 5.66. The van der Waals surface area contributed by atoms with E-state index in [4.69, 9.17) is 4.74 Å². The third-order valence-electron chi connectivity index (χ3n) is 3.62.